The van der Waals surface area contributed by atoms with Gasteiger partial charge in [0.1, 0.15) is 19.0 Å². The highest BCUT2D eigenvalue weighted by molar-refractivity contribution is 8.01. The van der Waals surface area contributed by atoms with Gasteiger partial charge in [-0.1, -0.05) is 41.2 Å². The number of aliphatic carboxylic acids is 1. The number of amides is 2. The molecule has 14 heteroatoms. The SMILES string of the molecule is CON=CC(=O)NC1(c2csc(N)n2)S[C@H]2CC(=O)N2C(C(=O)O)=C1CSc1ccc2ccccc2n1. The number of aromatic nitrogens is 2. The van der Waals surface area contributed by atoms with Crippen LogP contribution in [-0.2, 0) is 24.1 Å². The quantitative estimate of drug-likeness (QED) is 0.163. The monoisotopic (exact) mass is 556 g/mol. The van der Waals surface area contributed by atoms with Crippen LogP contribution in [0.3, 0.4) is 0 Å². The molecule has 0 aliphatic carbocycles. The van der Waals surface area contributed by atoms with Crippen molar-refractivity contribution < 1.29 is 24.3 Å². The Balaban J connectivity index is 1.63. The van der Waals surface area contributed by atoms with Crippen molar-refractivity contribution in [2.45, 2.75) is 21.7 Å². The summed E-state index contributed by atoms with van der Waals surface area (Å²) in [5, 5.41) is 19.7. The molecule has 4 N–H and O–H groups in total. The Kier molecular flexibility index (Phi) is 6.79. The summed E-state index contributed by atoms with van der Waals surface area (Å²) in [5.41, 5.74) is 7.17. The van der Waals surface area contributed by atoms with Crippen LogP contribution in [0, 0.1) is 0 Å². The van der Waals surface area contributed by atoms with Gasteiger partial charge in [0.15, 0.2) is 10.0 Å². The molecule has 4 heterocycles. The standard InChI is InChI=1S/C23H20N6O5S3/c1-34-25-9-16(30)28-23(15-11-36-22(24)27-15)13(20(21(32)33)29-18(31)8-19(29)37-23)10-35-17-7-6-12-4-2-3-5-14(12)26-17/h2-7,9,11,19H,8,10H2,1H3,(H2,24,27)(H,28,30)(H,32,33)/t19-,23?/m0/s1. The van der Waals surface area contributed by atoms with Gasteiger partial charge in [-0.2, -0.15) is 0 Å². The van der Waals surface area contributed by atoms with Gasteiger partial charge in [-0.15, -0.1) is 23.1 Å². The smallest absolute Gasteiger partial charge is 0.352 e. The molecule has 1 unspecified atom stereocenters. The molecule has 5 rings (SSSR count). The number of rotatable bonds is 8. The Bertz CT molecular complexity index is 1470. The first-order valence-electron chi connectivity index (χ1n) is 10.9. The molecule has 2 aliphatic rings. The van der Waals surface area contributed by atoms with Gasteiger partial charge >= 0.3 is 5.97 Å². The van der Waals surface area contributed by atoms with Gasteiger partial charge in [0.05, 0.1) is 28.0 Å². The molecule has 2 aromatic heterocycles. The number of fused-ring (bicyclic) bond motifs is 2. The zero-order valence-electron chi connectivity index (χ0n) is 19.3. The number of carboxylic acid groups (broad SMARTS) is 1. The fourth-order valence-electron chi connectivity index (χ4n) is 4.15. The lowest BCUT2D eigenvalue weighted by Crippen LogP contribution is -2.61. The van der Waals surface area contributed by atoms with Crippen LogP contribution in [-0.4, -0.2) is 62.2 Å². The summed E-state index contributed by atoms with van der Waals surface area (Å²) in [7, 11) is 1.30. The number of oxime groups is 1. The van der Waals surface area contributed by atoms with Gasteiger partial charge in [0.25, 0.3) is 5.91 Å². The fraction of sp³-hybridized carbons (Fsp3) is 0.217. The Labute approximate surface area is 223 Å². The van der Waals surface area contributed by atoms with Crippen LogP contribution in [0.2, 0.25) is 0 Å². The van der Waals surface area contributed by atoms with Gasteiger partial charge < -0.3 is 21.0 Å². The second-order valence-electron chi connectivity index (χ2n) is 7.96. The summed E-state index contributed by atoms with van der Waals surface area (Å²) < 4.78 is 0. The van der Waals surface area contributed by atoms with Crippen LogP contribution in [0.1, 0.15) is 12.1 Å². The molecule has 1 fully saturated rings. The Morgan fingerprint density at radius 2 is 2.16 bits per heavy atom. The normalized spacial score (nSPS) is 21.2. The maximum atomic E-state index is 12.9. The summed E-state index contributed by atoms with van der Waals surface area (Å²) in [6.07, 6.45) is 1.07. The number of benzene rings is 1. The number of nitrogen functional groups attached to an aromatic ring is 1. The number of nitrogens with zero attached hydrogens (tertiary/aromatic N) is 4. The van der Waals surface area contributed by atoms with Crippen LogP contribution in [0.25, 0.3) is 10.9 Å². The molecular formula is C23H20N6O5S3. The third-order valence-electron chi connectivity index (χ3n) is 5.77. The lowest BCUT2D eigenvalue weighted by Gasteiger charge is -2.51. The van der Waals surface area contributed by atoms with Crippen molar-refractivity contribution in [1.82, 2.24) is 20.2 Å². The molecule has 0 saturated carbocycles. The van der Waals surface area contributed by atoms with E-state index in [1.54, 1.807) is 5.38 Å². The van der Waals surface area contributed by atoms with Gasteiger partial charge in [0.2, 0.25) is 5.91 Å². The van der Waals surface area contributed by atoms with E-state index < -0.39 is 22.1 Å². The summed E-state index contributed by atoms with van der Waals surface area (Å²) in [4.78, 5) is 51.5. The minimum absolute atomic E-state index is 0.0929. The fourth-order valence-corrected chi connectivity index (χ4v) is 7.56. The third kappa shape index (κ3) is 4.63. The number of carbonyl (C=O) groups is 3. The molecule has 0 spiro atoms. The molecule has 1 saturated heterocycles. The number of para-hydroxylation sites is 1. The number of carboxylic acids is 1. The number of β-lactam (4-membered cyclic amide) rings is 1. The minimum atomic E-state index is -1.43. The molecule has 3 aromatic rings. The number of thiazole rings is 1. The van der Waals surface area contributed by atoms with Crippen molar-refractivity contribution in [2.75, 3.05) is 18.6 Å². The maximum absolute atomic E-state index is 12.9. The summed E-state index contributed by atoms with van der Waals surface area (Å²) in [6, 6.07) is 11.4. The van der Waals surface area contributed by atoms with Crippen molar-refractivity contribution in [2.24, 2.45) is 5.16 Å². The van der Waals surface area contributed by atoms with E-state index in [0.29, 0.717) is 10.7 Å². The third-order valence-corrected chi connectivity index (χ3v) is 8.96. The number of anilines is 1. The molecular weight excluding hydrogens is 536 g/mol. The predicted molar refractivity (Wildman–Crippen MR) is 142 cm³/mol. The lowest BCUT2D eigenvalue weighted by atomic mass is 9.98. The van der Waals surface area contributed by atoms with Crippen molar-refractivity contribution in [3.8, 4) is 0 Å². The average Bonchev–Trinajstić information content (AvgIpc) is 3.32. The van der Waals surface area contributed by atoms with Gasteiger partial charge in [-0.25, -0.2) is 14.8 Å². The number of nitrogens with two attached hydrogens (primary N) is 1. The Morgan fingerprint density at radius 1 is 1.35 bits per heavy atom. The van der Waals surface area contributed by atoms with Gasteiger partial charge in [0, 0.05) is 22.1 Å². The molecule has 2 aliphatic heterocycles. The number of thioether (sulfide) groups is 2. The zero-order chi connectivity index (χ0) is 26.2. The van der Waals surface area contributed by atoms with Crippen LogP contribution in [0.4, 0.5) is 5.13 Å². The molecule has 190 valence electrons. The van der Waals surface area contributed by atoms with Crippen LogP contribution < -0.4 is 11.1 Å². The van der Waals surface area contributed by atoms with Crippen LogP contribution >= 0.6 is 34.9 Å². The molecule has 37 heavy (non-hydrogen) atoms. The van der Waals surface area contributed by atoms with Crippen molar-refractivity contribution in [1.29, 1.82) is 0 Å². The second kappa shape index (κ2) is 10.0. The maximum Gasteiger partial charge on any atom is 0.352 e. The highest BCUT2D eigenvalue weighted by Gasteiger charge is 2.56. The minimum Gasteiger partial charge on any atom is -0.477 e. The Hall–Kier alpha value is -3.62. The van der Waals surface area contributed by atoms with E-state index in [0.717, 1.165) is 28.5 Å². The van der Waals surface area contributed by atoms with E-state index in [9.17, 15) is 19.5 Å². The van der Waals surface area contributed by atoms with Crippen molar-refractivity contribution in [3.05, 3.63) is 58.7 Å². The van der Waals surface area contributed by atoms with E-state index in [4.69, 9.17) is 5.73 Å². The highest BCUT2D eigenvalue weighted by Crippen LogP contribution is 2.55. The first-order valence-corrected chi connectivity index (χ1v) is 13.6. The largest absolute Gasteiger partial charge is 0.477 e. The van der Waals surface area contributed by atoms with E-state index in [1.165, 1.54) is 35.5 Å². The van der Waals surface area contributed by atoms with E-state index >= 15 is 0 Å². The second-order valence-corrected chi connectivity index (χ2v) is 11.2. The molecule has 11 nitrogen and oxygen atoms in total. The summed E-state index contributed by atoms with van der Waals surface area (Å²) >= 11 is 3.69. The number of pyridine rings is 1. The first-order chi connectivity index (χ1) is 17.8. The number of carbonyl (C=O) groups excluding carboxylic acids is 2. The zero-order valence-corrected chi connectivity index (χ0v) is 21.7. The predicted octanol–water partition coefficient (Wildman–Crippen LogP) is 2.61. The average molecular weight is 557 g/mol. The molecule has 0 radical (unpaired) electrons. The molecule has 0 bridgehead atoms. The van der Waals surface area contributed by atoms with E-state index in [1.807, 2.05) is 36.4 Å². The number of nitrogens with one attached hydrogen (secondary N) is 1. The van der Waals surface area contributed by atoms with Gasteiger partial charge in [-0.3, -0.25) is 14.5 Å². The number of hydrogen-bond donors (Lipinski definition) is 3. The Morgan fingerprint density at radius 3 is 2.86 bits per heavy atom. The molecule has 2 atom stereocenters. The summed E-state index contributed by atoms with van der Waals surface area (Å²) in [5.74, 6) is -2.13. The van der Waals surface area contributed by atoms with E-state index in [2.05, 4.69) is 25.3 Å². The van der Waals surface area contributed by atoms with Gasteiger partial charge in [-0.05, 0) is 12.1 Å². The van der Waals surface area contributed by atoms with Crippen molar-refractivity contribution >= 4 is 74.9 Å². The van der Waals surface area contributed by atoms with Crippen LogP contribution in [0.5, 0.6) is 0 Å². The molecule has 1 aromatic carbocycles. The van der Waals surface area contributed by atoms with Crippen LogP contribution in [0.15, 0.2) is 63.2 Å². The van der Waals surface area contributed by atoms with E-state index in [-0.39, 0.29) is 34.5 Å². The summed E-state index contributed by atoms with van der Waals surface area (Å²) in [6.45, 7) is 0. The number of hydrogen-bond acceptors (Lipinski definition) is 11. The van der Waals surface area contributed by atoms with Crippen molar-refractivity contribution in [3.63, 3.8) is 0 Å². The topological polar surface area (TPSA) is 160 Å². The first kappa shape index (κ1) is 25.0. The molecule has 2 amide bonds. The highest BCUT2D eigenvalue weighted by atomic mass is 32.2. The lowest BCUT2D eigenvalue weighted by molar-refractivity contribution is -0.146.